The summed E-state index contributed by atoms with van der Waals surface area (Å²) >= 11 is 1.84. The number of hydrogen-bond donors (Lipinski definition) is 2. The molecule has 0 aliphatic heterocycles. The van der Waals surface area contributed by atoms with Crippen molar-refractivity contribution in [2.45, 2.75) is 76.6 Å². The van der Waals surface area contributed by atoms with Crippen molar-refractivity contribution in [1.29, 1.82) is 0 Å². The van der Waals surface area contributed by atoms with Gasteiger partial charge in [0, 0.05) is 28.8 Å². The van der Waals surface area contributed by atoms with Crippen molar-refractivity contribution in [1.82, 2.24) is 5.32 Å². The summed E-state index contributed by atoms with van der Waals surface area (Å²) in [6, 6.07) is 6.11. The molecule has 0 radical (unpaired) electrons. The summed E-state index contributed by atoms with van der Waals surface area (Å²) in [7, 11) is 0. The van der Waals surface area contributed by atoms with Gasteiger partial charge in [-0.3, -0.25) is 4.79 Å². The van der Waals surface area contributed by atoms with Crippen molar-refractivity contribution in [3.63, 3.8) is 0 Å². The molecule has 1 rings (SSSR count). The van der Waals surface area contributed by atoms with Crippen LogP contribution in [0.1, 0.15) is 59.4 Å². The van der Waals surface area contributed by atoms with Gasteiger partial charge < -0.3 is 15.4 Å². The van der Waals surface area contributed by atoms with Gasteiger partial charge >= 0.3 is 6.09 Å². The van der Waals surface area contributed by atoms with E-state index in [0.717, 1.165) is 17.7 Å². The standard InChI is InChI=1S/C20H32N2O3S/c1-7-15(3)26-16-10-11-17(14(2)13-16)22-18(23)9-8-12-21-19(24)25-20(4,5)6/h10-11,13,15H,7-9,12H2,1-6H3,(H,21,24)(H,22,23). The van der Waals surface area contributed by atoms with Gasteiger partial charge in [0.25, 0.3) is 0 Å². The normalized spacial score (nSPS) is 12.4. The van der Waals surface area contributed by atoms with E-state index in [9.17, 15) is 9.59 Å². The molecule has 2 amide bonds. The lowest BCUT2D eigenvalue weighted by Crippen LogP contribution is -2.33. The first-order valence-corrected chi connectivity index (χ1v) is 10.0. The fraction of sp³-hybridized carbons (Fsp3) is 0.600. The van der Waals surface area contributed by atoms with Gasteiger partial charge in [-0.15, -0.1) is 11.8 Å². The van der Waals surface area contributed by atoms with Gasteiger partial charge in [-0.2, -0.15) is 0 Å². The molecule has 1 atom stereocenters. The highest BCUT2D eigenvalue weighted by molar-refractivity contribution is 7.99. The number of nitrogens with one attached hydrogen (secondary N) is 2. The SMILES string of the molecule is CCC(C)Sc1ccc(NC(=O)CCCNC(=O)OC(C)(C)C)c(C)c1. The van der Waals surface area contributed by atoms with Gasteiger partial charge in [-0.05, 0) is 64.3 Å². The summed E-state index contributed by atoms with van der Waals surface area (Å²) in [5.74, 6) is -0.0542. The van der Waals surface area contributed by atoms with E-state index in [0.29, 0.717) is 24.6 Å². The maximum absolute atomic E-state index is 12.1. The molecule has 0 aromatic heterocycles. The fourth-order valence-electron chi connectivity index (χ4n) is 2.13. The second kappa shape index (κ2) is 10.5. The van der Waals surface area contributed by atoms with E-state index in [4.69, 9.17) is 4.74 Å². The molecule has 0 saturated heterocycles. The Morgan fingerprint density at radius 1 is 1.27 bits per heavy atom. The smallest absolute Gasteiger partial charge is 0.407 e. The number of rotatable bonds is 8. The number of anilines is 1. The first-order valence-electron chi connectivity index (χ1n) is 9.14. The van der Waals surface area contributed by atoms with Gasteiger partial charge in [0.2, 0.25) is 5.91 Å². The number of amides is 2. The van der Waals surface area contributed by atoms with Gasteiger partial charge in [0.15, 0.2) is 0 Å². The van der Waals surface area contributed by atoms with Gasteiger partial charge in [0.05, 0.1) is 0 Å². The monoisotopic (exact) mass is 380 g/mol. The van der Waals surface area contributed by atoms with Gasteiger partial charge in [-0.25, -0.2) is 4.79 Å². The largest absolute Gasteiger partial charge is 0.444 e. The summed E-state index contributed by atoms with van der Waals surface area (Å²) in [5, 5.41) is 6.17. The number of carbonyl (C=O) groups is 2. The minimum absolute atomic E-state index is 0.0542. The molecule has 0 bridgehead atoms. The number of alkyl carbamates (subject to hydrolysis) is 1. The lowest BCUT2D eigenvalue weighted by molar-refractivity contribution is -0.116. The molecule has 1 unspecified atom stereocenters. The van der Waals surface area contributed by atoms with Crippen molar-refractivity contribution < 1.29 is 14.3 Å². The van der Waals surface area contributed by atoms with E-state index in [1.165, 1.54) is 4.90 Å². The third-order valence-corrected chi connectivity index (χ3v) is 4.89. The lowest BCUT2D eigenvalue weighted by Gasteiger charge is -2.19. The van der Waals surface area contributed by atoms with Crippen LogP contribution in [-0.2, 0) is 9.53 Å². The predicted octanol–water partition coefficient (Wildman–Crippen LogP) is 5.13. The van der Waals surface area contributed by atoms with E-state index in [2.05, 4.69) is 30.5 Å². The quantitative estimate of drug-likeness (QED) is 0.485. The Morgan fingerprint density at radius 2 is 1.96 bits per heavy atom. The van der Waals surface area contributed by atoms with Crippen LogP contribution in [0.2, 0.25) is 0 Å². The minimum atomic E-state index is -0.516. The van der Waals surface area contributed by atoms with Crippen LogP contribution in [0.3, 0.4) is 0 Å². The van der Waals surface area contributed by atoms with Crippen LogP contribution >= 0.6 is 11.8 Å². The Bertz CT molecular complexity index is 612. The number of aryl methyl sites for hydroxylation is 1. The fourth-order valence-corrected chi connectivity index (χ4v) is 3.15. The number of ether oxygens (including phenoxy) is 1. The van der Waals surface area contributed by atoms with E-state index in [1.54, 1.807) is 0 Å². The van der Waals surface area contributed by atoms with Crippen molar-refractivity contribution >= 4 is 29.4 Å². The summed E-state index contributed by atoms with van der Waals surface area (Å²) in [4.78, 5) is 24.8. The molecule has 6 heteroatoms. The molecule has 0 fully saturated rings. The molecule has 0 saturated carbocycles. The summed E-state index contributed by atoms with van der Waals surface area (Å²) < 4.78 is 5.15. The van der Waals surface area contributed by atoms with Crippen molar-refractivity contribution in [3.8, 4) is 0 Å². The van der Waals surface area contributed by atoms with E-state index >= 15 is 0 Å². The van der Waals surface area contributed by atoms with Crippen molar-refractivity contribution in [2.75, 3.05) is 11.9 Å². The molecular formula is C20H32N2O3S. The highest BCUT2D eigenvalue weighted by Crippen LogP contribution is 2.28. The third kappa shape index (κ3) is 9.13. The second-order valence-corrected chi connectivity index (χ2v) is 8.91. The number of hydrogen-bond acceptors (Lipinski definition) is 4. The lowest BCUT2D eigenvalue weighted by atomic mass is 10.2. The predicted molar refractivity (Wildman–Crippen MR) is 109 cm³/mol. The Hall–Kier alpha value is -1.69. The van der Waals surface area contributed by atoms with Crippen LogP contribution in [0, 0.1) is 6.92 Å². The van der Waals surface area contributed by atoms with Crippen molar-refractivity contribution in [3.05, 3.63) is 23.8 Å². The molecule has 0 aliphatic rings. The average molecular weight is 381 g/mol. The molecule has 1 aromatic rings. The summed E-state index contributed by atoms with van der Waals surface area (Å²) in [6.07, 6.45) is 1.58. The molecule has 146 valence electrons. The number of thioether (sulfide) groups is 1. The Labute approximate surface area is 161 Å². The Morgan fingerprint density at radius 3 is 2.54 bits per heavy atom. The third-order valence-electron chi connectivity index (χ3n) is 3.63. The summed E-state index contributed by atoms with van der Waals surface area (Å²) in [6.45, 7) is 12.2. The van der Waals surface area contributed by atoms with Crippen LogP contribution in [0.4, 0.5) is 10.5 Å². The zero-order valence-corrected chi connectivity index (χ0v) is 17.6. The summed E-state index contributed by atoms with van der Waals surface area (Å²) in [5.41, 5.74) is 1.38. The zero-order chi connectivity index (χ0) is 19.7. The minimum Gasteiger partial charge on any atom is -0.444 e. The molecule has 0 heterocycles. The van der Waals surface area contributed by atoms with Gasteiger partial charge in [-0.1, -0.05) is 13.8 Å². The van der Waals surface area contributed by atoms with Crippen LogP contribution < -0.4 is 10.6 Å². The van der Waals surface area contributed by atoms with Crippen LogP contribution in [-0.4, -0.2) is 29.4 Å². The Balaban J connectivity index is 2.38. The molecule has 26 heavy (non-hydrogen) atoms. The first kappa shape index (κ1) is 22.4. The zero-order valence-electron chi connectivity index (χ0n) is 16.8. The van der Waals surface area contributed by atoms with Crippen molar-refractivity contribution in [2.24, 2.45) is 0 Å². The average Bonchev–Trinajstić information content (AvgIpc) is 2.52. The second-order valence-electron chi connectivity index (χ2n) is 7.39. The number of benzene rings is 1. The molecule has 1 aromatic carbocycles. The molecule has 2 N–H and O–H groups in total. The Kier molecular flexibility index (Phi) is 8.99. The molecule has 5 nitrogen and oxygen atoms in total. The van der Waals surface area contributed by atoms with E-state index in [-0.39, 0.29) is 5.91 Å². The molecule has 0 spiro atoms. The van der Waals surface area contributed by atoms with Crippen LogP contribution in [0.5, 0.6) is 0 Å². The van der Waals surface area contributed by atoms with Crippen LogP contribution in [0.15, 0.2) is 23.1 Å². The topological polar surface area (TPSA) is 67.4 Å². The highest BCUT2D eigenvalue weighted by Gasteiger charge is 2.15. The maximum Gasteiger partial charge on any atom is 0.407 e. The van der Waals surface area contributed by atoms with E-state index in [1.807, 2.05) is 51.6 Å². The number of carbonyl (C=O) groups excluding carboxylic acids is 2. The van der Waals surface area contributed by atoms with Gasteiger partial charge in [0.1, 0.15) is 5.60 Å². The molecule has 0 aliphatic carbocycles. The molecular weight excluding hydrogens is 348 g/mol. The first-order chi connectivity index (χ1) is 12.1. The maximum atomic E-state index is 12.1. The van der Waals surface area contributed by atoms with E-state index < -0.39 is 11.7 Å². The van der Waals surface area contributed by atoms with Crippen LogP contribution in [0.25, 0.3) is 0 Å². The highest BCUT2D eigenvalue weighted by atomic mass is 32.2.